The lowest BCUT2D eigenvalue weighted by atomic mass is 10.0. The number of hydrogen-bond donors (Lipinski definition) is 1. The van der Waals surface area contributed by atoms with Crippen molar-refractivity contribution in [2.24, 2.45) is 5.10 Å². The Balaban J connectivity index is 1.56. The van der Waals surface area contributed by atoms with Crippen LogP contribution in [0.3, 0.4) is 0 Å². The predicted molar refractivity (Wildman–Crippen MR) is 116 cm³/mol. The first kappa shape index (κ1) is 19.1. The van der Waals surface area contributed by atoms with E-state index in [1.54, 1.807) is 0 Å². The van der Waals surface area contributed by atoms with Crippen LogP contribution in [0, 0.1) is 6.92 Å². The number of amides is 1. The third-order valence-electron chi connectivity index (χ3n) is 5.26. The van der Waals surface area contributed by atoms with Gasteiger partial charge in [0, 0.05) is 31.3 Å². The normalized spacial score (nSPS) is 14.4. The molecule has 0 radical (unpaired) electrons. The van der Waals surface area contributed by atoms with Crippen molar-refractivity contribution in [2.75, 3.05) is 18.5 Å². The summed E-state index contributed by atoms with van der Waals surface area (Å²) in [6.45, 7) is 3.81. The predicted octanol–water partition coefficient (Wildman–Crippen LogP) is 4.16. The number of likely N-dealkylation sites (tertiary alicyclic amines) is 1. The second-order valence-corrected chi connectivity index (χ2v) is 7.36. The first-order valence-corrected chi connectivity index (χ1v) is 10.1. The van der Waals surface area contributed by atoms with Crippen LogP contribution in [0.5, 0.6) is 0 Å². The van der Waals surface area contributed by atoms with Crippen molar-refractivity contribution in [1.29, 1.82) is 0 Å². The van der Waals surface area contributed by atoms with Crippen molar-refractivity contribution in [3.05, 3.63) is 66.0 Å². The summed E-state index contributed by atoms with van der Waals surface area (Å²) in [5, 5.41) is 5.56. The van der Waals surface area contributed by atoms with Gasteiger partial charge in [-0.3, -0.25) is 10.2 Å². The van der Waals surface area contributed by atoms with E-state index < -0.39 is 0 Å². The monoisotopic (exact) mass is 387 g/mol. The molecule has 1 fully saturated rings. The number of carbonyl (C=O) groups excluding carboxylic acids is 1. The number of nitrogens with zero attached hydrogens (tertiary/aromatic N) is 4. The molecule has 148 valence electrons. The van der Waals surface area contributed by atoms with Crippen molar-refractivity contribution >= 4 is 28.3 Å². The Labute approximate surface area is 170 Å². The number of hydrogen-bond acceptors (Lipinski definition) is 5. The molecule has 2 heterocycles. The van der Waals surface area contributed by atoms with E-state index in [-0.39, 0.29) is 5.91 Å². The Morgan fingerprint density at radius 2 is 1.79 bits per heavy atom. The minimum Gasteiger partial charge on any atom is -0.343 e. The Hall–Kier alpha value is -3.28. The SMILES string of the molecule is Cc1ccc(/C(CCC(=O)N2CCCC2)=N\Nc2ncnc3ccccc23)cc1. The van der Waals surface area contributed by atoms with Gasteiger partial charge in [-0.15, -0.1) is 0 Å². The van der Waals surface area contributed by atoms with Gasteiger partial charge in [0.1, 0.15) is 6.33 Å². The third-order valence-corrected chi connectivity index (χ3v) is 5.26. The number of carbonyl (C=O) groups is 1. The van der Waals surface area contributed by atoms with Crippen LogP contribution in [-0.4, -0.2) is 39.6 Å². The first-order chi connectivity index (χ1) is 14.2. The van der Waals surface area contributed by atoms with Crippen LogP contribution in [0.2, 0.25) is 0 Å². The molecule has 2 aromatic carbocycles. The van der Waals surface area contributed by atoms with Crippen molar-refractivity contribution in [2.45, 2.75) is 32.6 Å². The summed E-state index contributed by atoms with van der Waals surface area (Å²) in [5.74, 6) is 0.862. The number of rotatable bonds is 6. The summed E-state index contributed by atoms with van der Waals surface area (Å²) in [5.41, 5.74) is 7.02. The number of anilines is 1. The number of benzene rings is 2. The van der Waals surface area contributed by atoms with Gasteiger partial charge >= 0.3 is 0 Å². The number of hydrazone groups is 1. The molecule has 4 rings (SSSR count). The van der Waals surface area contributed by atoms with Crippen LogP contribution in [0.15, 0.2) is 60.0 Å². The number of nitrogens with one attached hydrogen (secondary N) is 1. The lowest BCUT2D eigenvalue weighted by molar-refractivity contribution is -0.129. The lowest BCUT2D eigenvalue weighted by Gasteiger charge is -2.15. The molecule has 0 bridgehead atoms. The maximum absolute atomic E-state index is 12.5. The van der Waals surface area contributed by atoms with Gasteiger partial charge in [0.2, 0.25) is 5.91 Å². The highest BCUT2D eigenvalue weighted by Crippen LogP contribution is 2.19. The standard InChI is InChI=1S/C23H25N5O/c1-17-8-10-18(11-9-17)20(12-13-22(29)28-14-4-5-15-28)26-27-23-19-6-2-3-7-21(19)24-16-25-23/h2-3,6-11,16H,4-5,12-15H2,1H3,(H,24,25,27)/b26-20-. The zero-order valence-electron chi connectivity index (χ0n) is 16.6. The van der Waals surface area contributed by atoms with Crippen LogP contribution in [0.25, 0.3) is 10.9 Å². The second-order valence-electron chi connectivity index (χ2n) is 7.36. The lowest BCUT2D eigenvalue weighted by Crippen LogP contribution is -2.28. The molecule has 0 atom stereocenters. The summed E-state index contributed by atoms with van der Waals surface area (Å²) < 4.78 is 0. The van der Waals surface area contributed by atoms with E-state index in [0.717, 1.165) is 48.1 Å². The van der Waals surface area contributed by atoms with E-state index in [1.165, 1.54) is 11.9 Å². The Bertz CT molecular complexity index is 1020. The number of para-hydroxylation sites is 1. The summed E-state index contributed by atoms with van der Waals surface area (Å²) in [4.78, 5) is 23.1. The average molecular weight is 387 g/mol. The molecule has 0 unspecified atom stereocenters. The highest BCUT2D eigenvalue weighted by atomic mass is 16.2. The molecule has 0 spiro atoms. The molecule has 6 nitrogen and oxygen atoms in total. The van der Waals surface area contributed by atoms with Crippen molar-refractivity contribution in [1.82, 2.24) is 14.9 Å². The Kier molecular flexibility index (Phi) is 5.79. The quantitative estimate of drug-likeness (QED) is 0.509. The molecular formula is C23H25N5O. The fourth-order valence-electron chi connectivity index (χ4n) is 3.58. The number of aromatic nitrogens is 2. The molecule has 1 aromatic heterocycles. The maximum atomic E-state index is 12.5. The summed E-state index contributed by atoms with van der Waals surface area (Å²) in [7, 11) is 0. The molecule has 1 saturated heterocycles. The van der Waals surface area contributed by atoms with Crippen LogP contribution in [0.4, 0.5) is 5.82 Å². The molecule has 6 heteroatoms. The topological polar surface area (TPSA) is 70.5 Å². The minimum atomic E-state index is 0.204. The van der Waals surface area contributed by atoms with Crippen molar-refractivity contribution in [3.8, 4) is 0 Å². The van der Waals surface area contributed by atoms with Crippen molar-refractivity contribution in [3.63, 3.8) is 0 Å². The molecule has 3 aromatic rings. The van der Waals surface area contributed by atoms with E-state index in [4.69, 9.17) is 0 Å². The minimum absolute atomic E-state index is 0.204. The van der Waals surface area contributed by atoms with Gasteiger partial charge in [0.15, 0.2) is 5.82 Å². The van der Waals surface area contributed by atoms with Gasteiger partial charge in [-0.05, 0) is 37.5 Å². The van der Waals surface area contributed by atoms with Gasteiger partial charge < -0.3 is 4.90 Å². The van der Waals surface area contributed by atoms with Crippen molar-refractivity contribution < 1.29 is 4.79 Å². The first-order valence-electron chi connectivity index (χ1n) is 10.1. The average Bonchev–Trinajstić information content (AvgIpc) is 3.29. The third kappa shape index (κ3) is 4.59. The van der Waals surface area contributed by atoms with Crippen LogP contribution >= 0.6 is 0 Å². The molecule has 0 aliphatic carbocycles. The van der Waals surface area contributed by atoms with Gasteiger partial charge in [0.25, 0.3) is 0 Å². The summed E-state index contributed by atoms with van der Waals surface area (Å²) >= 11 is 0. The zero-order valence-corrected chi connectivity index (χ0v) is 16.6. The van der Waals surface area contributed by atoms with E-state index in [0.29, 0.717) is 18.7 Å². The molecule has 1 amide bonds. The molecule has 1 aliphatic heterocycles. The Morgan fingerprint density at radius 3 is 2.59 bits per heavy atom. The fraction of sp³-hybridized carbons (Fsp3) is 0.304. The second kappa shape index (κ2) is 8.82. The Morgan fingerprint density at radius 1 is 1.03 bits per heavy atom. The zero-order chi connectivity index (χ0) is 20.1. The molecule has 1 N–H and O–H groups in total. The fourth-order valence-corrected chi connectivity index (χ4v) is 3.58. The maximum Gasteiger partial charge on any atom is 0.222 e. The number of aryl methyl sites for hydroxylation is 1. The van der Waals surface area contributed by atoms with Gasteiger partial charge in [-0.1, -0.05) is 42.0 Å². The van der Waals surface area contributed by atoms with Crippen LogP contribution in [-0.2, 0) is 4.79 Å². The molecule has 1 aliphatic rings. The van der Waals surface area contributed by atoms with Crippen LogP contribution in [0.1, 0.15) is 36.8 Å². The highest BCUT2D eigenvalue weighted by molar-refractivity contribution is 6.02. The van der Waals surface area contributed by atoms with Gasteiger partial charge in [-0.2, -0.15) is 5.10 Å². The largest absolute Gasteiger partial charge is 0.343 e. The van der Waals surface area contributed by atoms with Gasteiger partial charge in [-0.25, -0.2) is 9.97 Å². The number of fused-ring (bicyclic) bond motifs is 1. The molecule has 0 saturated carbocycles. The van der Waals surface area contributed by atoms with Crippen LogP contribution < -0.4 is 5.43 Å². The van der Waals surface area contributed by atoms with E-state index in [1.807, 2.05) is 41.3 Å². The summed E-state index contributed by atoms with van der Waals surface area (Å²) in [6, 6.07) is 16.0. The van der Waals surface area contributed by atoms with E-state index in [9.17, 15) is 4.79 Å². The summed E-state index contributed by atoms with van der Waals surface area (Å²) in [6.07, 6.45) is 4.77. The van der Waals surface area contributed by atoms with E-state index >= 15 is 0 Å². The van der Waals surface area contributed by atoms with Gasteiger partial charge in [0.05, 0.1) is 11.2 Å². The van der Waals surface area contributed by atoms with E-state index in [2.05, 4.69) is 39.6 Å². The molecule has 29 heavy (non-hydrogen) atoms. The molecular weight excluding hydrogens is 362 g/mol. The smallest absolute Gasteiger partial charge is 0.222 e. The highest BCUT2D eigenvalue weighted by Gasteiger charge is 2.18.